The molecule has 1 aliphatic carbocycles. The minimum atomic E-state index is -2.45. The molecule has 9 nitrogen and oxygen atoms in total. The van der Waals surface area contributed by atoms with Crippen molar-refractivity contribution in [2.45, 2.75) is 30.6 Å². The highest BCUT2D eigenvalue weighted by Crippen LogP contribution is 2.56. The largest absolute Gasteiger partial charge is 0.425 e. The minimum absolute atomic E-state index is 0.0509. The lowest BCUT2D eigenvalue weighted by molar-refractivity contribution is 0.0989. The van der Waals surface area contributed by atoms with Crippen molar-refractivity contribution in [1.29, 1.82) is 0 Å². The van der Waals surface area contributed by atoms with Crippen LogP contribution in [0.5, 0.6) is 0 Å². The summed E-state index contributed by atoms with van der Waals surface area (Å²) in [6.45, 7) is 0. The fourth-order valence-electron chi connectivity index (χ4n) is 4.02. The molecule has 2 fully saturated rings. The van der Waals surface area contributed by atoms with Crippen molar-refractivity contribution >= 4 is 16.5 Å². The maximum absolute atomic E-state index is 11.9. The van der Waals surface area contributed by atoms with Crippen molar-refractivity contribution in [1.82, 2.24) is 15.4 Å². The summed E-state index contributed by atoms with van der Waals surface area (Å²) in [6, 6.07) is 9.49. The van der Waals surface area contributed by atoms with Crippen LogP contribution in [0, 0.1) is 0 Å². The van der Waals surface area contributed by atoms with Crippen LogP contribution in [0.15, 0.2) is 39.3 Å². The van der Waals surface area contributed by atoms with Crippen LogP contribution >= 0.6 is 10.6 Å². The fraction of sp³-hybridized carbons (Fsp3) is 0.368. The first kappa shape index (κ1) is 18.3. The number of amides is 1. The van der Waals surface area contributed by atoms with E-state index in [1.165, 1.54) is 0 Å². The summed E-state index contributed by atoms with van der Waals surface area (Å²) in [5.74, 6) is 1.56. The fourth-order valence-corrected chi connectivity index (χ4v) is 5.50. The molecule has 1 aromatic carbocycles. The number of aromatic nitrogens is 3. The summed E-state index contributed by atoms with van der Waals surface area (Å²) in [7, 11) is -2.45. The van der Waals surface area contributed by atoms with E-state index in [9.17, 15) is 13.9 Å². The van der Waals surface area contributed by atoms with Gasteiger partial charge in [0.1, 0.15) is 0 Å². The smallest absolute Gasteiger partial charge is 0.271 e. The molecule has 1 aliphatic heterocycles. The van der Waals surface area contributed by atoms with Gasteiger partial charge in [-0.25, -0.2) is 0 Å². The number of hydrogen-bond donors (Lipinski definition) is 3. The normalized spacial score (nSPS) is 24.5. The van der Waals surface area contributed by atoms with Gasteiger partial charge in [-0.3, -0.25) is 13.9 Å². The zero-order chi connectivity index (χ0) is 20.2. The molecule has 29 heavy (non-hydrogen) atoms. The maximum Gasteiger partial charge on any atom is 0.271 e. The van der Waals surface area contributed by atoms with Gasteiger partial charge in [-0.15, -0.1) is 10.2 Å². The Morgan fingerprint density at radius 3 is 2.31 bits per heavy atom. The number of benzene rings is 1. The predicted octanol–water partition coefficient (Wildman–Crippen LogP) is 3.33. The zero-order valence-electron chi connectivity index (χ0n) is 15.4. The molecular weight excluding hydrogens is 396 g/mol. The molecule has 0 radical (unpaired) electrons. The second-order valence-electron chi connectivity index (χ2n) is 7.68. The number of primary amides is 1. The van der Waals surface area contributed by atoms with Gasteiger partial charge in [0.15, 0.2) is 11.5 Å². The van der Waals surface area contributed by atoms with Crippen molar-refractivity contribution in [3.8, 4) is 11.3 Å². The Labute approximate surface area is 167 Å². The molecule has 2 aromatic heterocycles. The molecule has 0 unspecified atom stereocenters. The third-order valence-corrected chi connectivity index (χ3v) is 7.51. The summed E-state index contributed by atoms with van der Waals surface area (Å²) < 4.78 is 30.3. The first-order valence-electron chi connectivity index (χ1n) is 9.33. The Bertz CT molecular complexity index is 1050. The van der Waals surface area contributed by atoms with Gasteiger partial charge in [-0.05, 0) is 18.8 Å². The van der Waals surface area contributed by atoms with Gasteiger partial charge in [0.25, 0.3) is 5.91 Å². The van der Waals surface area contributed by atoms with Gasteiger partial charge in [-0.2, -0.15) is 10.6 Å². The van der Waals surface area contributed by atoms with Crippen molar-refractivity contribution in [3.63, 3.8) is 0 Å². The number of rotatable bonds is 5. The Balaban J connectivity index is 1.34. The van der Waals surface area contributed by atoms with E-state index in [0.717, 1.165) is 11.1 Å². The van der Waals surface area contributed by atoms with Crippen LogP contribution in [0.25, 0.3) is 11.3 Å². The van der Waals surface area contributed by atoms with Gasteiger partial charge < -0.3 is 14.7 Å². The molecule has 3 heterocycles. The first-order valence-corrected chi connectivity index (χ1v) is 11.2. The second kappa shape index (κ2) is 6.68. The Morgan fingerprint density at radius 1 is 1.03 bits per heavy atom. The minimum Gasteiger partial charge on any atom is -0.425 e. The van der Waals surface area contributed by atoms with Crippen molar-refractivity contribution in [3.05, 3.63) is 53.4 Å². The monoisotopic (exact) mass is 416 g/mol. The predicted molar refractivity (Wildman–Crippen MR) is 105 cm³/mol. The first-order chi connectivity index (χ1) is 13.9. The van der Waals surface area contributed by atoms with E-state index in [0.29, 0.717) is 30.4 Å². The van der Waals surface area contributed by atoms with Crippen molar-refractivity contribution < 1.29 is 22.8 Å². The topological polar surface area (TPSA) is 148 Å². The molecule has 0 atom stereocenters. The summed E-state index contributed by atoms with van der Waals surface area (Å²) in [6.07, 6.45) is 1.42. The van der Waals surface area contributed by atoms with Crippen LogP contribution in [0.4, 0.5) is 0 Å². The number of hydrogen-bond acceptors (Lipinski definition) is 8. The van der Waals surface area contributed by atoms with Crippen LogP contribution in [0.1, 0.15) is 58.4 Å². The molecule has 0 bridgehead atoms. The standard InChI is InChI=1S/C19H20N4O5S/c20-17(24)15-14(16(28-23-15)10-4-2-1-3-5-10)11-6-12(7-11)18-21-22-19(27-18)13-8-29(25,26)9-13/h1-5,11-13,25-26H,6-9H2,(H2,20,24). The quantitative estimate of drug-likeness (QED) is 0.573. The summed E-state index contributed by atoms with van der Waals surface area (Å²) in [5, 5.41) is 12.1. The summed E-state index contributed by atoms with van der Waals surface area (Å²) in [5.41, 5.74) is 7.24. The SMILES string of the molecule is NC(=O)c1noc(-c2ccccc2)c1C1CC(c2nnc(C3CS(O)(O)C3)o2)C1. The van der Waals surface area contributed by atoms with E-state index in [4.69, 9.17) is 14.7 Å². The lowest BCUT2D eigenvalue weighted by Crippen LogP contribution is -2.30. The van der Waals surface area contributed by atoms with E-state index < -0.39 is 16.5 Å². The van der Waals surface area contributed by atoms with Crippen molar-refractivity contribution in [2.24, 2.45) is 5.73 Å². The van der Waals surface area contributed by atoms with Gasteiger partial charge >= 0.3 is 0 Å². The number of carbonyl (C=O) groups is 1. The highest BCUT2D eigenvalue weighted by Gasteiger charge is 2.42. The van der Waals surface area contributed by atoms with Crippen LogP contribution in [0.3, 0.4) is 0 Å². The zero-order valence-corrected chi connectivity index (χ0v) is 16.2. The highest BCUT2D eigenvalue weighted by molar-refractivity contribution is 8.25. The molecule has 0 spiro atoms. The molecule has 1 amide bonds. The van der Waals surface area contributed by atoms with Crippen LogP contribution < -0.4 is 5.73 Å². The lowest BCUT2D eigenvalue weighted by atomic mass is 9.70. The third-order valence-electron chi connectivity index (χ3n) is 5.63. The summed E-state index contributed by atoms with van der Waals surface area (Å²) in [4.78, 5) is 11.9. The lowest BCUT2D eigenvalue weighted by Gasteiger charge is -2.45. The van der Waals surface area contributed by atoms with E-state index in [2.05, 4.69) is 15.4 Å². The molecule has 2 aliphatic rings. The molecule has 5 rings (SSSR count). The van der Waals surface area contributed by atoms with Gasteiger partial charge in [-0.1, -0.05) is 35.5 Å². The third kappa shape index (κ3) is 3.22. The van der Waals surface area contributed by atoms with Gasteiger partial charge in [0.2, 0.25) is 11.8 Å². The molecule has 1 saturated carbocycles. The number of nitrogens with zero attached hydrogens (tertiary/aromatic N) is 3. The molecule has 3 aromatic rings. The van der Waals surface area contributed by atoms with E-state index >= 15 is 0 Å². The molecular formula is C19H20N4O5S. The Kier molecular flexibility index (Phi) is 4.23. The van der Waals surface area contributed by atoms with E-state index in [1.807, 2.05) is 30.3 Å². The average molecular weight is 416 g/mol. The molecule has 10 heteroatoms. The van der Waals surface area contributed by atoms with Crippen molar-refractivity contribution in [2.75, 3.05) is 11.5 Å². The Hall–Kier alpha value is -2.69. The van der Waals surface area contributed by atoms with Crippen LogP contribution in [0.2, 0.25) is 0 Å². The van der Waals surface area contributed by atoms with E-state index in [-0.39, 0.29) is 35.0 Å². The van der Waals surface area contributed by atoms with Gasteiger partial charge in [0.05, 0.1) is 17.4 Å². The number of nitrogens with two attached hydrogens (primary N) is 1. The maximum atomic E-state index is 11.9. The second-order valence-corrected chi connectivity index (χ2v) is 9.95. The summed E-state index contributed by atoms with van der Waals surface area (Å²) >= 11 is 0. The average Bonchev–Trinajstić information content (AvgIpc) is 3.27. The van der Waals surface area contributed by atoms with E-state index in [1.54, 1.807) is 0 Å². The molecule has 1 saturated heterocycles. The van der Waals surface area contributed by atoms with Gasteiger partial charge in [0, 0.05) is 17.0 Å². The number of carbonyl (C=O) groups excluding carboxylic acids is 1. The van der Waals surface area contributed by atoms with Crippen LogP contribution in [-0.2, 0) is 0 Å². The van der Waals surface area contributed by atoms with Crippen LogP contribution in [-0.4, -0.2) is 41.9 Å². The Morgan fingerprint density at radius 2 is 1.69 bits per heavy atom. The molecule has 4 N–H and O–H groups in total. The highest BCUT2D eigenvalue weighted by atomic mass is 32.3. The molecule has 152 valence electrons.